The van der Waals surface area contributed by atoms with Crippen LogP contribution in [0.15, 0.2) is 12.3 Å². The topological polar surface area (TPSA) is 29.9 Å². The third kappa shape index (κ3) is 4.47. The van der Waals surface area contributed by atoms with Gasteiger partial charge in [-0.25, -0.2) is 0 Å². The first-order valence-corrected chi connectivity index (χ1v) is 5.84. The molecule has 0 saturated heterocycles. The van der Waals surface area contributed by atoms with Crippen LogP contribution in [0, 0.1) is 6.92 Å². The smallest absolute Gasteiger partial charge is 0.0593 e. The highest BCUT2D eigenvalue weighted by Crippen LogP contribution is 2.11. The molecule has 1 rings (SSSR count). The van der Waals surface area contributed by atoms with E-state index in [1.807, 2.05) is 6.92 Å². The van der Waals surface area contributed by atoms with Crippen molar-refractivity contribution in [3.05, 3.63) is 18.0 Å². The summed E-state index contributed by atoms with van der Waals surface area (Å²) in [7, 11) is 0. The number of hydrogen-bond donors (Lipinski definition) is 1. The van der Waals surface area contributed by atoms with E-state index >= 15 is 0 Å². The molecule has 1 aromatic rings. The predicted octanol–water partition coefficient (Wildman–Crippen LogP) is 2.53. The van der Waals surface area contributed by atoms with Gasteiger partial charge in [0.1, 0.15) is 0 Å². The van der Waals surface area contributed by atoms with E-state index in [1.54, 1.807) is 0 Å². The largest absolute Gasteiger partial charge is 0.315 e. The lowest BCUT2D eigenvalue weighted by molar-refractivity contribution is 0.431. The van der Waals surface area contributed by atoms with Crippen LogP contribution in [-0.4, -0.2) is 22.4 Å². The summed E-state index contributed by atoms with van der Waals surface area (Å²) in [5.41, 5.74) is 1.10. The van der Waals surface area contributed by atoms with E-state index in [4.69, 9.17) is 0 Å². The molecule has 0 bridgehead atoms. The second-order valence-electron chi connectivity index (χ2n) is 4.54. The molecule has 0 aliphatic heterocycles. The molecule has 0 spiro atoms. The molecule has 1 heterocycles. The van der Waals surface area contributed by atoms with Crippen LogP contribution in [0.3, 0.4) is 0 Å². The second-order valence-corrected chi connectivity index (χ2v) is 4.54. The Balaban J connectivity index is 2.21. The van der Waals surface area contributed by atoms with E-state index in [0.717, 1.165) is 12.2 Å². The van der Waals surface area contributed by atoms with Crippen LogP contribution >= 0.6 is 0 Å². The van der Waals surface area contributed by atoms with Crippen LogP contribution in [0.5, 0.6) is 0 Å². The molecule has 3 nitrogen and oxygen atoms in total. The normalized spacial score (nSPS) is 13.4. The minimum Gasteiger partial charge on any atom is -0.315 e. The number of aryl methyl sites for hydroxylation is 1. The standard InChI is InChI=1S/C12H23N3/c1-10(2)13-8-5-6-12(4)15-9-7-11(3)14-15/h7,9-10,12-13H,5-6,8H2,1-4H3. The van der Waals surface area contributed by atoms with Gasteiger partial charge < -0.3 is 5.32 Å². The fourth-order valence-electron chi connectivity index (χ4n) is 1.60. The molecule has 0 aliphatic rings. The number of hydrogen-bond acceptors (Lipinski definition) is 2. The molecule has 0 aliphatic carbocycles. The van der Waals surface area contributed by atoms with Crippen molar-refractivity contribution in [3.63, 3.8) is 0 Å². The Morgan fingerprint density at radius 1 is 1.40 bits per heavy atom. The molecule has 1 atom stereocenters. The highest BCUT2D eigenvalue weighted by molar-refractivity contribution is 4.95. The molecule has 1 aromatic heterocycles. The number of nitrogens with one attached hydrogen (secondary N) is 1. The van der Waals surface area contributed by atoms with Gasteiger partial charge in [-0.1, -0.05) is 13.8 Å². The first-order valence-electron chi connectivity index (χ1n) is 5.84. The van der Waals surface area contributed by atoms with Crippen LogP contribution in [0.25, 0.3) is 0 Å². The molecule has 0 aromatic carbocycles. The molecule has 1 unspecified atom stereocenters. The van der Waals surface area contributed by atoms with Gasteiger partial charge in [0.25, 0.3) is 0 Å². The van der Waals surface area contributed by atoms with E-state index < -0.39 is 0 Å². The van der Waals surface area contributed by atoms with E-state index in [1.165, 1.54) is 12.8 Å². The summed E-state index contributed by atoms with van der Waals surface area (Å²) in [6.07, 6.45) is 4.45. The minimum atomic E-state index is 0.507. The molecule has 1 N–H and O–H groups in total. The summed E-state index contributed by atoms with van der Waals surface area (Å²) in [4.78, 5) is 0. The molecule has 0 saturated carbocycles. The highest BCUT2D eigenvalue weighted by atomic mass is 15.3. The number of aromatic nitrogens is 2. The lowest BCUT2D eigenvalue weighted by Crippen LogP contribution is -2.24. The summed E-state index contributed by atoms with van der Waals surface area (Å²) in [5, 5.41) is 7.85. The van der Waals surface area contributed by atoms with Crippen molar-refractivity contribution in [2.24, 2.45) is 0 Å². The van der Waals surface area contributed by atoms with E-state index in [0.29, 0.717) is 12.1 Å². The third-order valence-electron chi connectivity index (χ3n) is 2.54. The van der Waals surface area contributed by atoms with Crippen molar-refractivity contribution in [1.82, 2.24) is 15.1 Å². The lowest BCUT2D eigenvalue weighted by atomic mass is 10.2. The first kappa shape index (κ1) is 12.2. The van der Waals surface area contributed by atoms with Crippen molar-refractivity contribution >= 4 is 0 Å². The van der Waals surface area contributed by atoms with Gasteiger partial charge in [0.15, 0.2) is 0 Å². The van der Waals surface area contributed by atoms with Crippen LogP contribution in [0.2, 0.25) is 0 Å². The number of nitrogens with zero attached hydrogens (tertiary/aromatic N) is 2. The van der Waals surface area contributed by atoms with Crippen molar-refractivity contribution in [3.8, 4) is 0 Å². The molecule has 3 heteroatoms. The fourth-order valence-corrected chi connectivity index (χ4v) is 1.60. The van der Waals surface area contributed by atoms with Crippen molar-refractivity contribution < 1.29 is 0 Å². The van der Waals surface area contributed by atoms with Gasteiger partial charge in [0, 0.05) is 18.3 Å². The average Bonchev–Trinajstić information content (AvgIpc) is 2.59. The van der Waals surface area contributed by atoms with Crippen LogP contribution in [0.4, 0.5) is 0 Å². The van der Waals surface area contributed by atoms with Gasteiger partial charge >= 0.3 is 0 Å². The Kier molecular flexibility index (Phi) is 4.82. The molecular formula is C12H23N3. The molecule has 15 heavy (non-hydrogen) atoms. The molecular weight excluding hydrogens is 186 g/mol. The van der Waals surface area contributed by atoms with Crippen molar-refractivity contribution in [1.29, 1.82) is 0 Å². The first-order chi connectivity index (χ1) is 7.09. The second kappa shape index (κ2) is 5.91. The van der Waals surface area contributed by atoms with Crippen molar-refractivity contribution in [2.45, 2.75) is 52.6 Å². The van der Waals surface area contributed by atoms with Gasteiger partial charge in [-0.2, -0.15) is 5.10 Å². The van der Waals surface area contributed by atoms with Gasteiger partial charge in [-0.05, 0) is 39.3 Å². The predicted molar refractivity (Wildman–Crippen MR) is 64.0 cm³/mol. The summed E-state index contributed by atoms with van der Waals surface area (Å²) >= 11 is 0. The van der Waals surface area contributed by atoms with Crippen LogP contribution in [0.1, 0.15) is 45.3 Å². The zero-order valence-corrected chi connectivity index (χ0v) is 10.3. The Hall–Kier alpha value is -0.830. The van der Waals surface area contributed by atoms with E-state index in [2.05, 4.69) is 48.1 Å². The van der Waals surface area contributed by atoms with Crippen molar-refractivity contribution in [2.75, 3.05) is 6.54 Å². The molecule has 86 valence electrons. The Labute approximate surface area is 92.9 Å². The summed E-state index contributed by atoms with van der Waals surface area (Å²) in [5.74, 6) is 0. The van der Waals surface area contributed by atoms with E-state index in [9.17, 15) is 0 Å². The van der Waals surface area contributed by atoms with Gasteiger partial charge in [-0.15, -0.1) is 0 Å². The average molecular weight is 209 g/mol. The van der Waals surface area contributed by atoms with Crippen LogP contribution < -0.4 is 5.32 Å². The maximum atomic E-state index is 4.42. The molecule has 0 fully saturated rings. The Bertz CT molecular complexity index is 278. The minimum absolute atomic E-state index is 0.507. The summed E-state index contributed by atoms with van der Waals surface area (Å²) in [6.45, 7) is 9.72. The zero-order valence-electron chi connectivity index (χ0n) is 10.3. The summed E-state index contributed by atoms with van der Waals surface area (Å²) < 4.78 is 2.06. The maximum absolute atomic E-state index is 4.42. The maximum Gasteiger partial charge on any atom is 0.0593 e. The highest BCUT2D eigenvalue weighted by Gasteiger charge is 2.04. The monoisotopic (exact) mass is 209 g/mol. The van der Waals surface area contributed by atoms with Gasteiger partial charge in [-0.3, -0.25) is 4.68 Å². The number of rotatable bonds is 6. The zero-order chi connectivity index (χ0) is 11.3. The van der Waals surface area contributed by atoms with Gasteiger partial charge in [0.05, 0.1) is 5.69 Å². The SMILES string of the molecule is Cc1ccn(C(C)CCCNC(C)C)n1. The molecule has 0 radical (unpaired) electrons. The van der Waals surface area contributed by atoms with E-state index in [-0.39, 0.29) is 0 Å². The quantitative estimate of drug-likeness (QED) is 0.730. The summed E-state index contributed by atoms with van der Waals surface area (Å²) in [6, 6.07) is 3.16. The lowest BCUT2D eigenvalue weighted by Gasteiger charge is -2.13. The molecule has 0 amide bonds. The third-order valence-corrected chi connectivity index (χ3v) is 2.54. The van der Waals surface area contributed by atoms with Crippen LogP contribution in [-0.2, 0) is 0 Å². The van der Waals surface area contributed by atoms with Gasteiger partial charge in [0.2, 0.25) is 0 Å². The fraction of sp³-hybridized carbons (Fsp3) is 0.750. The Morgan fingerprint density at radius 3 is 2.67 bits per heavy atom. The Morgan fingerprint density at radius 2 is 2.13 bits per heavy atom.